The van der Waals surface area contributed by atoms with Crippen LogP contribution in [0.5, 0.6) is 5.75 Å². The van der Waals surface area contributed by atoms with Gasteiger partial charge in [-0.2, -0.15) is 0 Å². The van der Waals surface area contributed by atoms with Crippen molar-refractivity contribution in [3.63, 3.8) is 0 Å². The van der Waals surface area contributed by atoms with Gasteiger partial charge in [-0.15, -0.1) is 11.8 Å². The Kier molecular flexibility index (Phi) is 5.23. The van der Waals surface area contributed by atoms with E-state index in [0.717, 1.165) is 22.2 Å². The van der Waals surface area contributed by atoms with E-state index in [-0.39, 0.29) is 23.5 Å². The summed E-state index contributed by atoms with van der Waals surface area (Å²) in [5.74, 6) is 0.565. The molecule has 2 aromatic rings. The number of carbonyl (C=O) groups excluding carboxylic acids is 1. The molecule has 1 aliphatic heterocycles. The molecule has 23 heavy (non-hydrogen) atoms. The first-order chi connectivity index (χ1) is 11.1. The predicted octanol–water partition coefficient (Wildman–Crippen LogP) is 4.32. The van der Waals surface area contributed by atoms with E-state index >= 15 is 0 Å². The summed E-state index contributed by atoms with van der Waals surface area (Å²) in [5, 5.41) is 3.01. The largest absolute Gasteiger partial charge is 0.493 e. The first-order valence-corrected chi connectivity index (χ1v) is 9.00. The number of thioether (sulfide) groups is 1. The summed E-state index contributed by atoms with van der Waals surface area (Å²) in [7, 11) is 0. The minimum Gasteiger partial charge on any atom is -0.493 e. The molecule has 1 unspecified atom stereocenters. The number of benzene rings is 2. The van der Waals surface area contributed by atoms with E-state index in [2.05, 4.69) is 21.2 Å². The Morgan fingerprint density at radius 1 is 1.35 bits per heavy atom. The van der Waals surface area contributed by atoms with E-state index in [9.17, 15) is 9.18 Å². The van der Waals surface area contributed by atoms with Gasteiger partial charge in [0.05, 0.1) is 18.4 Å². The van der Waals surface area contributed by atoms with Gasteiger partial charge in [-0.3, -0.25) is 4.79 Å². The summed E-state index contributed by atoms with van der Waals surface area (Å²) in [6, 6.07) is 12.2. The Morgan fingerprint density at radius 3 is 3.00 bits per heavy atom. The molecule has 0 aliphatic carbocycles. The second-order valence-corrected chi connectivity index (χ2v) is 7.09. The van der Waals surface area contributed by atoms with Crippen molar-refractivity contribution in [2.45, 2.75) is 17.4 Å². The number of amides is 1. The lowest BCUT2D eigenvalue weighted by molar-refractivity contribution is -0.119. The summed E-state index contributed by atoms with van der Waals surface area (Å²) in [6.45, 7) is 0.569. The van der Waals surface area contributed by atoms with Crippen molar-refractivity contribution in [3.8, 4) is 5.75 Å². The molecule has 0 saturated heterocycles. The quantitative estimate of drug-likeness (QED) is 0.783. The van der Waals surface area contributed by atoms with Crippen molar-refractivity contribution in [1.29, 1.82) is 0 Å². The lowest BCUT2D eigenvalue weighted by atomic mass is 10.0. The minimum atomic E-state index is -0.300. The van der Waals surface area contributed by atoms with Gasteiger partial charge in [0.1, 0.15) is 11.6 Å². The van der Waals surface area contributed by atoms with Crippen LogP contribution in [0, 0.1) is 5.82 Å². The monoisotopic (exact) mass is 395 g/mol. The van der Waals surface area contributed by atoms with Gasteiger partial charge >= 0.3 is 0 Å². The van der Waals surface area contributed by atoms with Crippen LogP contribution in [-0.4, -0.2) is 18.3 Å². The van der Waals surface area contributed by atoms with Crippen LogP contribution in [0.25, 0.3) is 0 Å². The highest BCUT2D eigenvalue weighted by atomic mass is 79.9. The van der Waals surface area contributed by atoms with E-state index in [1.54, 1.807) is 18.2 Å². The third kappa shape index (κ3) is 4.06. The molecule has 3 rings (SSSR count). The van der Waals surface area contributed by atoms with Crippen LogP contribution in [0.4, 0.5) is 4.39 Å². The van der Waals surface area contributed by atoms with Crippen LogP contribution >= 0.6 is 27.7 Å². The van der Waals surface area contributed by atoms with Gasteiger partial charge < -0.3 is 10.1 Å². The predicted molar refractivity (Wildman–Crippen MR) is 92.3 cm³/mol. The molecule has 0 bridgehead atoms. The highest BCUT2D eigenvalue weighted by Gasteiger charge is 2.23. The summed E-state index contributed by atoms with van der Waals surface area (Å²) in [6.07, 6.45) is 0.722. The van der Waals surface area contributed by atoms with Crippen molar-refractivity contribution in [2.24, 2.45) is 0 Å². The van der Waals surface area contributed by atoms with Crippen molar-refractivity contribution in [2.75, 3.05) is 12.4 Å². The molecule has 0 spiro atoms. The first-order valence-electron chi connectivity index (χ1n) is 7.22. The number of hydrogen-bond donors (Lipinski definition) is 1. The zero-order valence-electron chi connectivity index (χ0n) is 12.2. The molecule has 0 radical (unpaired) electrons. The SMILES string of the molecule is O=C(CSc1ccccc1F)NC1CCOc2ccc(Br)cc21. The zero-order valence-corrected chi connectivity index (χ0v) is 14.6. The average molecular weight is 396 g/mol. The molecule has 1 aliphatic rings. The molecule has 3 nitrogen and oxygen atoms in total. The highest BCUT2D eigenvalue weighted by molar-refractivity contribution is 9.10. The second kappa shape index (κ2) is 7.36. The molecule has 0 fully saturated rings. The standard InChI is InChI=1S/C17H15BrFNO2S/c18-11-5-6-15-12(9-11)14(7-8-22-15)20-17(21)10-23-16-4-2-1-3-13(16)19/h1-6,9,14H,7-8,10H2,(H,20,21). The Balaban J connectivity index is 1.63. The van der Waals surface area contributed by atoms with Crippen LogP contribution in [0.1, 0.15) is 18.0 Å². The van der Waals surface area contributed by atoms with Gasteiger partial charge in [0.2, 0.25) is 5.91 Å². The Bertz CT molecular complexity index is 725. The van der Waals surface area contributed by atoms with Crippen molar-refractivity contribution in [3.05, 3.63) is 58.3 Å². The number of rotatable bonds is 4. The lowest BCUT2D eigenvalue weighted by Crippen LogP contribution is -2.33. The molecule has 2 aromatic carbocycles. The van der Waals surface area contributed by atoms with Gasteiger partial charge in [-0.1, -0.05) is 28.1 Å². The van der Waals surface area contributed by atoms with Crippen LogP contribution in [0.3, 0.4) is 0 Å². The molecular formula is C17H15BrFNO2S. The fraction of sp³-hybridized carbons (Fsp3) is 0.235. The number of ether oxygens (including phenoxy) is 1. The minimum absolute atomic E-state index is 0.0787. The number of carbonyl (C=O) groups is 1. The van der Waals surface area contributed by atoms with Crippen LogP contribution in [-0.2, 0) is 4.79 Å². The summed E-state index contributed by atoms with van der Waals surface area (Å²) in [5.41, 5.74) is 0.967. The summed E-state index contributed by atoms with van der Waals surface area (Å²) >= 11 is 4.64. The molecule has 120 valence electrons. The number of nitrogens with one attached hydrogen (secondary N) is 1. The fourth-order valence-corrected chi connectivity index (χ4v) is 3.59. The molecule has 0 aromatic heterocycles. The second-order valence-electron chi connectivity index (χ2n) is 5.16. The zero-order chi connectivity index (χ0) is 16.2. The highest BCUT2D eigenvalue weighted by Crippen LogP contribution is 2.34. The Labute approximate surface area is 146 Å². The Hall–Kier alpha value is -1.53. The Morgan fingerprint density at radius 2 is 2.17 bits per heavy atom. The fourth-order valence-electron chi connectivity index (χ4n) is 2.46. The van der Waals surface area contributed by atoms with Gasteiger partial charge in [0, 0.05) is 21.4 Å². The number of halogens is 2. The molecule has 1 amide bonds. The normalized spacial score (nSPS) is 16.3. The van der Waals surface area contributed by atoms with E-state index in [1.165, 1.54) is 17.8 Å². The third-order valence-corrected chi connectivity index (χ3v) is 5.08. The molecule has 6 heteroatoms. The van der Waals surface area contributed by atoms with Gasteiger partial charge in [0.25, 0.3) is 0 Å². The van der Waals surface area contributed by atoms with Crippen molar-refractivity contribution < 1.29 is 13.9 Å². The average Bonchev–Trinajstić information content (AvgIpc) is 2.55. The van der Waals surface area contributed by atoms with Gasteiger partial charge in [-0.25, -0.2) is 4.39 Å². The summed E-state index contributed by atoms with van der Waals surface area (Å²) < 4.78 is 20.1. The topological polar surface area (TPSA) is 38.3 Å². The smallest absolute Gasteiger partial charge is 0.230 e. The lowest BCUT2D eigenvalue weighted by Gasteiger charge is -2.27. The van der Waals surface area contributed by atoms with Gasteiger partial charge in [0.15, 0.2) is 0 Å². The molecule has 0 saturated carbocycles. The van der Waals surface area contributed by atoms with Crippen LogP contribution < -0.4 is 10.1 Å². The van der Waals surface area contributed by atoms with Gasteiger partial charge in [-0.05, 0) is 30.3 Å². The maximum absolute atomic E-state index is 13.6. The van der Waals surface area contributed by atoms with E-state index in [1.807, 2.05) is 18.2 Å². The first kappa shape index (κ1) is 16.3. The van der Waals surface area contributed by atoms with Crippen molar-refractivity contribution in [1.82, 2.24) is 5.32 Å². The molecule has 1 atom stereocenters. The maximum atomic E-state index is 13.6. The van der Waals surface area contributed by atoms with Crippen LogP contribution in [0.2, 0.25) is 0 Å². The summed E-state index contributed by atoms with van der Waals surface area (Å²) in [4.78, 5) is 12.7. The maximum Gasteiger partial charge on any atom is 0.230 e. The van der Waals surface area contributed by atoms with E-state index in [4.69, 9.17) is 4.74 Å². The molecular weight excluding hydrogens is 381 g/mol. The number of fused-ring (bicyclic) bond motifs is 1. The van der Waals surface area contributed by atoms with E-state index < -0.39 is 0 Å². The van der Waals surface area contributed by atoms with E-state index in [0.29, 0.717) is 11.5 Å². The molecule has 1 N–H and O–H groups in total. The third-order valence-electron chi connectivity index (χ3n) is 3.54. The number of hydrogen-bond acceptors (Lipinski definition) is 3. The van der Waals surface area contributed by atoms with Crippen LogP contribution in [0.15, 0.2) is 51.8 Å². The molecule has 1 heterocycles. The van der Waals surface area contributed by atoms with Crippen molar-refractivity contribution >= 4 is 33.6 Å².